The third-order valence-corrected chi connectivity index (χ3v) is 5.92. The Morgan fingerprint density at radius 2 is 1.73 bits per heavy atom. The predicted molar refractivity (Wildman–Crippen MR) is 95.0 cm³/mol. The van der Waals surface area contributed by atoms with Crippen LogP contribution in [0.15, 0.2) is 63.0 Å². The number of rotatable bonds is 5. The van der Waals surface area contributed by atoms with Gasteiger partial charge in [0.1, 0.15) is 5.82 Å². The average molecular weight is 377 g/mol. The van der Waals surface area contributed by atoms with Crippen LogP contribution in [0.25, 0.3) is 10.9 Å². The minimum absolute atomic E-state index is 0.0684. The first-order valence-corrected chi connectivity index (χ1v) is 9.18. The summed E-state index contributed by atoms with van der Waals surface area (Å²) in [6, 6.07) is 11.0. The summed E-state index contributed by atoms with van der Waals surface area (Å²) in [5, 5.41) is 0.344. The summed E-state index contributed by atoms with van der Waals surface area (Å²) in [4.78, 5) is 27.1. The number of para-hydroxylation sites is 1. The van der Waals surface area contributed by atoms with Crippen molar-refractivity contribution in [1.82, 2.24) is 13.9 Å². The molecule has 9 heteroatoms. The number of halogens is 1. The van der Waals surface area contributed by atoms with Crippen LogP contribution in [0.2, 0.25) is 0 Å². The van der Waals surface area contributed by atoms with Gasteiger partial charge in [0.15, 0.2) is 0 Å². The summed E-state index contributed by atoms with van der Waals surface area (Å²) in [5.74, 6) is -0.541. The van der Waals surface area contributed by atoms with E-state index in [0.29, 0.717) is 10.9 Å². The van der Waals surface area contributed by atoms with Crippen molar-refractivity contribution in [3.63, 3.8) is 0 Å². The normalized spacial score (nSPS) is 12.0. The Hall–Kier alpha value is -2.78. The number of benzene rings is 2. The number of H-pyrrole nitrogens is 1. The van der Waals surface area contributed by atoms with Crippen molar-refractivity contribution < 1.29 is 12.8 Å². The van der Waals surface area contributed by atoms with Gasteiger partial charge in [0, 0.05) is 20.1 Å². The highest BCUT2D eigenvalue weighted by Crippen LogP contribution is 2.14. The third-order valence-electron chi connectivity index (χ3n) is 4.05. The van der Waals surface area contributed by atoms with Gasteiger partial charge in [-0.2, -0.15) is 4.31 Å². The number of likely N-dealkylation sites (N-methyl/N-ethyl adjacent to an activating group) is 1. The van der Waals surface area contributed by atoms with Crippen LogP contribution in [-0.4, -0.2) is 35.9 Å². The molecule has 2 aromatic carbocycles. The van der Waals surface area contributed by atoms with Crippen LogP contribution in [0, 0.1) is 5.82 Å². The Balaban J connectivity index is 1.87. The quantitative estimate of drug-likeness (QED) is 0.722. The number of aromatic amines is 1. The molecule has 0 unspecified atom stereocenters. The molecule has 0 saturated heterocycles. The lowest BCUT2D eigenvalue weighted by atomic mass is 10.2. The van der Waals surface area contributed by atoms with Crippen LogP contribution in [0.4, 0.5) is 4.39 Å². The second-order valence-electron chi connectivity index (χ2n) is 5.71. The second-order valence-corrected chi connectivity index (χ2v) is 7.76. The van der Waals surface area contributed by atoms with E-state index in [9.17, 15) is 22.4 Å². The molecule has 136 valence electrons. The number of hydrogen-bond donors (Lipinski definition) is 1. The van der Waals surface area contributed by atoms with E-state index in [1.807, 2.05) is 0 Å². The Morgan fingerprint density at radius 3 is 2.42 bits per heavy atom. The number of sulfonamides is 1. The number of hydrogen-bond acceptors (Lipinski definition) is 4. The predicted octanol–water partition coefficient (Wildman–Crippen LogP) is 1.15. The first-order valence-electron chi connectivity index (χ1n) is 7.74. The van der Waals surface area contributed by atoms with Gasteiger partial charge in [0.25, 0.3) is 5.56 Å². The van der Waals surface area contributed by atoms with E-state index in [2.05, 4.69) is 4.98 Å². The minimum atomic E-state index is -3.86. The molecule has 3 aromatic rings. The maximum atomic E-state index is 13.0. The van der Waals surface area contributed by atoms with Gasteiger partial charge in [-0.15, -0.1) is 0 Å². The molecule has 0 amide bonds. The zero-order valence-electron chi connectivity index (χ0n) is 13.8. The van der Waals surface area contributed by atoms with Gasteiger partial charge in [-0.1, -0.05) is 12.1 Å². The van der Waals surface area contributed by atoms with E-state index in [-0.39, 0.29) is 18.0 Å². The molecular formula is C17H16FN3O4S. The molecule has 1 heterocycles. The molecule has 0 bridgehead atoms. The summed E-state index contributed by atoms with van der Waals surface area (Å²) in [6.45, 7) is -0.211. The van der Waals surface area contributed by atoms with Crippen LogP contribution in [0.5, 0.6) is 0 Å². The molecule has 3 rings (SSSR count). The van der Waals surface area contributed by atoms with Gasteiger partial charge in [0.2, 0.25) is 10.0 Å². The van der Waals surface area contributed by atoms with Crippen molar-refractivity contribution in [2.24, 2.45) is 0 Å². The maximum absolute atomic E-state index is 13.0. The monoisotopic (exact) mass is 377 g/mol. The van der Waals surface area contributed by atoms with Gasteiger partial charge in [-0.05, 0) is 36.4 Å². The zero-order valence-corrected chi connectivity index (χ0v) is 14.7. The fourth-order valence-electron chi connectivity index (χ4n) is 2.55. The first kappa shape index (κ1) is 18.0. The fourth-order valence-corrected chi connectivity index (χ4v) is 3.71. The molecule has 1 aromatic heterocycles. The van der Waals surface area contributed by atoms with E-state index in [1.165, 1.54) is 7.05 Å². The zero-order chi connectivity index (χ0) is 18.9. The molecule has 0 saturated carbocycles. The molecule has 26 heavy (non-hydrogen) atoms. The van der Waals surface area contributed by atoms with E-state index in [1.54, 1.807) is 24.3 Å². The van der Waals surface area contributed by atoms with E-state index >= 15 is 0 Å². The van der Waals surface area contributed by atoms with Gasteiger partial charge in [0.05, 0.1) is 15.8 Å². The number of fused-ring (bicyclic) bond motifs is 1. The topological polar surface area (TPSA) is 92.2 Å². The van der Waals surface area contributed by atoms with Crippen LogP contribution in [0.1, 0.15) is 0 Å². The molecular weight excluding hydrogens is 361 g/mol. The number of nitrogens with one attached hydrogen (secondary N) is 1. The SMILES string of the molecule is CN(CCn1c(=O)[nH]c2ccccc2c1=O)S(=O)(=O)c1ccc(F)cc1. The summed E-state index contributed by atoms with van der Waals surface area (Å²) in [6.07, 6.45) is 0. The molecule has 0 fully saturated rings. The Kier molecular flexibility index (Phi) is 4.75. The van der Waals surface area contributed by atoms with Crippen molar-refractivity contribution >= 4 is 20.9 Å². The van der Waals surface area contributed by atoms with Gasteiger partial charge < -0.3 is 4.98 Å². The van der Waals surface area contributed by atoms with Crippen molar-refractivity contribution in [1.29, 1.82) is 0 Å². The van der Waals surface area contributed by atoms with E-state index < -0.39 is 27.1 Å². The molecule has 0 radical (unpaired) electrons. The summed E-state index contributed by atoms with van der Waals surface area (Å²) in [5.41, 5.74) is -0.677. The summed E-state index contributed by atoms with van der Waals surface area (Å²) >= 11 is 0. The number of nitrogens with zero attached hydrogens (tertiary/aromatic N) is 2. The summed E-state index contributed by atoms with van der Waals surface area (Å²) in [7, 11) is -2.52. The van der Waals surface area contributed by atoms with Crippen molar-refractivity contribution in [3.05, 3.63) is 75.2 Å². The van der Waals surface area contributed by atoms with Gasteiger partial charge in [-0.25, -0.2) is 17.6 Å². The molecule has 7 nitrogen and oxygen atoms in total. The van der Waals surface area contributed by atoms with Crippen LogP contribution >= 0.6 is 0 Å². The standard InChI is InChI=1S/C17H16FN3O4S/c1-20(26(24,25)13-8-6-12(18)7-9-13)10-11-21-16(22)14-4-2-3-5-15(14)19-17(21)23/h2-9H,10-11H2,1H3,(H,19,23). The number of aromatic nitrogens is 2. The lowest BCUT2D eigenvalue weighted by Gasteiger charge is -2.17. The highest BCUT2D eigenvalue weighted by molar-refractivity contribution is 7.89. The van der Waals surface area contributed by atoms with Crippen molar-refractivity contribution in [2.75, 3.05) is 13.6 Å². The van der Waals surface area contributed by atoms with Crippen molar-refractivity contribution in [2.45, 2.75) is 11.4 Å². The smallest absolute Gasteiger partial charge is 0.307 e. The molecule has 0 atom stereocenters. The molecule has 0 spiro atoms. The Bertz CT molecular complexity index is 1170. The fraction of sp³-hybridized carbons (Fsp3) is 0.176. The van der Waals surface area contributed by atoms with E-state index in [0.717, 1.165) is 33.1 Å². The van der Waals surface area contributed by atoms with E-state index in [4.69, 9.17) is 0 Å². The minimum Gasteiger partial charge on any atom is -0.307 e. The Labute approximate surface area is 148 Å². The molecule has 1 N–H and O–H groups in total. The van der Waals surface area contributed by atoms with Gasteiger partial charge >= 0.3 is 5.69 Å². The van der Waals surface area contributed by atoms with Crippen LogP contribution in [-0.2, 0) is 16.6 Å². The maximum Gasteiger partial charge on any atom is 0.328 e. The third kappa shape index (κ3) is 3.31. The van der Waals surface area contributed by atoms with Gasteiger partial charge in [-0.3, -0.25) is 9.36 Å². The molecule has 0 aliphatic carbocycles. The molecule has 0 aliphatic heterocycles. The van der Waals surface area contributed by atoms with Crippen LogP contribution < -0.4 is 11.2 Å². The first-order chi connectivity index (χ1) is 12.3. The van der Waals surface area contributed by atoms with Crippen LogP contribution in [0.3, 0.4) is 0 Å². The lowest BCUT2D eigenvalue weighted by Crippen LogP contribution is -2.39. The highest BCUT2D eigenvalue weighted by Gasteiger charge is 2.21. The van der Waals surface area contributed by atoms with Crippen molar-refractivity contribution in [3.8, 4) is 0 Å². The highest BCUT2D eigenvalue weighted by atomic mass is 32.2. The molecule has 0 aliphatic rings. The summed E-state index contributed by atoms with van der Waals surface area (Å²) < 4.78 is 39.9. The largest absolute Gasteiger partial charge is 0.328 e. The average Bonchev–Trinajstić information content (AvgIpc) is 2.61. The second kappa shape index (κ2) is 6.85. The lowest BCUT2D eigenvalue weighted by molar-refractivity contribution is 0.437. The Morgan fingerprint density at radius 1 is 1.08 bits per heavy atom.